The zero-order chi connectivity index (χ0) is 5.98. The van der Waals surface area contributed by atoms with Crippen LogP contribution in [0.15, 0.2) is 24.3 Å². The standard InChI is InChI=1S/C7H8N/c1-6-4-2-3-5-7(6)8/h2-5H,1,8H2. The van der Waals surface area contributed by atoms with Crippen molar-refractivity contribution in [3.8, 4) is 0 Å². The molecule has 2 N–H and O–H groups in total. The molecule has 8 heavy (non-hydrogen) atoms. The summed E-state index contributed by atoms with van der Waals surface area (Å²) in [5.41, 5.74) is 7.11. The largest absolute Gasteiger partial charge is 0.399 e. The highest BCUT2D eigenvalue weighted by Crippen LogP contribution is 2.06. The van der Waals surface area contributed by atoms with Crippen molar-refractivity contribution in [2.24, 2.45) is 0 Å². The molecule has 0 aliphatic carbocycles. The Balaban J connectivity index is 3.13. The number of hydrogen-bond acceptors (Lipinski definition) is 1. The molecule has 1 aromatic carbocycles. The van der Waals surface area contributed by atoms with Crippen molar-refractivity contribution in [1.82, 2.24) is 0 Å². The number of hydrogen-bond donors (Lipinski definition) is 1. The molecule has 0 saturated carbocycles. The summed E-state index contributed by atoms with van der Waals surface area (Å²) in [6.45, 7) is 3.70. The Bertz CT molecular complexity index is 160. The lowest BCUT2D eigenvalue weighted by atomic mass is 10.2. The van der Waals surface area contributed by atoms with Gasteiger partial charge in [-0.2, -0.15) is 0 Å². The lowest BCUT2D eigenvalue weighted by Gasteiger charge is -1.93. The summed E-state index contributed by atoms with van der Waals surface area (Å²) in [4.78, 5) is 0. The number of para-hydroxylation sites is 1. The fraction of sp³-hybridized carbons (Fsp3) is 0. The number of benzene rings is 1. The van der Waals surface area contributed by atoms with E-state index in [1.54, 1.807) is 0 Å². The molecule has 0 aliphatic rings. The van der Waals surface area contributed by atoms with E-state index in [1.165, 1.54) is 0 Å². The fourth-order valence-corrected chi connectivity index (χ4v) is 0.534. The monoisotopic (exact) mass is 106 g/mol. The highest BCUT2D eigenvalue weighted by molar-refractivity contribution is 5.47. The summed E-state index contributed by atoms with van der Waals surface area (Å²) >= 11 is 0. The second-order valence-corrected chi connectivity index (χ2v) is 1.70. The van der Waals surface area contributed by atoms with Crippen LogP contribution in [0.1, 0.15) is 5.56 Å². The van der Waals surface area contributed by atoms with E-state index in [2.05, 4.69) is 6.92 Å². The van der Waals surface area contributed by atoms with Gasteiger partial charge in [0.1, 0.15) is 0 Å². The molecule has 1 heteroatoms. The summed E-state index contributed by atoms with van der Waals surface area (Å²) in [6.07, 6.45) is 0. The van der Waals surface area contributed by atoms with Gasteiger partial charge >= 0.3 is 0 Å². The smallest absolute Gasteiger partial charge is 0.0346 e. The average Bonchev–Trinajstić information content (AvgIpc) is 1.77. The number of nitrogen functional groups attached to an aromatic ring is 1. The van der Waals surface area contributed by atoms with Crippen LogP contribution in [0.4, 0.5) is 5.69 Å². The first-order valence-electron chi connectivity index (χ1n) is 2.47. The molecule has 0 bridgehead atoms. The molecule has 0 atom stereocenters. The minimum absolute atomic E-state index is 0.757. The predicted octanol–water partition coefficient (Wildman–Crippen LogP) is 1.45. The van der Waals surface area contributed by atoms with Crippen LogP contribution in [0.25, 0.3) is 0 Å². The van der Waals surface area contributed by atoms with Gasteiger partial charge < -0.3 is 5.73 Å². The molecule has 0 unspecified atom stereocenters. The van der Waals surface area contributed by atoms with E-state index in [-0.39, 0.29) is 0 Å². The van der Waals surface area contributed by atoms with Crippen molar-refractivity contribution in [1.29, 1.82) is 0 Å². The van der Waals surface area contributed by atoms with E-state index < -0.39 is 0 Å². The maximum atomic E-state index is 5.46. The molecule has 1 rings (SSSR count). The molecule has 1 nitrogen and oxygen atoms in total. The maximum Gasteiger partial charge on any atom is 0.0346 e. The van der Waals surface area contributed by atoms with Crippen molar-refractivity contribution >= 4 is 5.69 Å². The fourth-order valence-electron chi connectivity index (χ4n) is 0.534. The van der Waals surface area contributed by atoms with Gasteiger partial charge in [0, 0.05) is 5.69 Å². The molecule has 1 aromatic rings. The number of anilines is 1. The lowest BCUT2D eigenvalue weighted by molar-refractivity contribution is 1.60. The van der Waals surface area contributed by atoms with Gasteiger partial charge in [0.15, 0.2) is 0 Å². The Morgan fingerprint density at radius 2 is 1.88 bits per heavy atom. The van der Waals surface area contributed by atoms with Gasteiger partial charge in [-0.15, -0.1) is 0 Å². The van der Waals surface area contributed by atoms with E-state index in [9.17, 15) is 0 Å². The molecule has 1 radical (unpaired) electrons. The van der Waals surface area contributed by atoms with Crippen LogP contribution < -0.4 is 5.73 Å². The Morgan fingerprint density at radius 3 is 2.25 bits per heavy atom. The normalized spacial score (nSPS) is 9.12. The van der Waals surface area contributed by atoms with Crippen molar-refractivity contribution in [3.63, 3.8) is 0 Å². The third-order valence-electron chi connectivity index (χ3n) is 1.06. The number of rotatable bonds is 0. The van der Waals surface area contributed by atoms with Crippen LogP contribution in [0.3, 0.4) is 0 Å². The minimum atomic E-state index is 0.757. The van der Waals surface area contributed by atoms with Crippen LogP contribution in [0.2, 0.25) is 0 Å². The molecule has 41 valence electrons. The summed E-state index contributed by atoms with van der Waals surface area (Å²) in [7, 11) is 0. The van der Waals surface area contributed by atoms with E-state index >= 15 is 0 Å². The number of nitrogens with two attached hydrogens (primary N) is 1. The van der Waals surface area contributed by atoms with E-state index in [1.807, 2.05) is 24.3 Å². The van der Waals surface area contributed by atoms with Crippen LogP contribution >= 0.6 is 0 Å². The van der Waals surface area contributed by atoms with E-state index in [4.69, 9.17) is 5.73 Å². The summed E-state index contributed by atoms with van der Waals surface area (Å²) in [6, 6.07) is 7.53. The SMILES string of the molecule is [CH2]c1ccccc1N. The van der Waals surface area contributed by atoms with Crippen LogP contribution in [0, 0.1) is 6.92 Å². The zero-order valence-electron chi connectivity index (χ0n) is 4.59. The molecule has 0 amide bonds. The van der Waals surface area contributed by atoms with Crippen molar-refractivity contribution < 1.29 is 0 Å². The van der Waals surface area contributed by atoms with Gasteiger partial charge in [0.25, 0.3) is 0 Å². The van der Waals surface area contributed by atoms with Gasteiger partial charge in [-0.25, -0.2) is 0 Å². The summed E-state index contributed by atoms with van der Waals surface area (Å²) in [5.74, 6) is 0. The molecule has 0 saturated heterocycles. The Labute approximate surface area is 49.1 Å². The minimum Gasteiger partial charge on any atom is -0.399 e. The second-order valence-electron chi connectivity index (χ2n) is 1.70. The average molecular weight is 106 g/mol. The Kier molecular flexibility index (Phi) is 1.20. The van der Waals surface area contributed by atoms with Crippen LogP contribution in [0.5, 0.6) is 0 Å². The van der Waals surface area contributed by atoms with Gasteiger partial charge in [-0.3, -0.25) is 0 Å². The molecular formula is C7H8N. The maximum absolute atomic E-state index is 5.46. The first-order valence-corrected chi connectivity index (χ1v) is 2.47. The van der Waals surface area contributed by atoms with Crippen molar-refractivity contribution in [2.45, 2.75) is 0 Å². The highest BCUT2D eigenvalue weighted by atomic mass is 14.5. The summed E-state index contributed by atoms with van der Waals surface area (Å²) < 4.78 is 0. The molecule has 0 aliphatic heterocycles. The first kappa shape index (κ1) is 5.16. The second kappa shape index (κ2) is 1.86. The predicted molar refractivity (Wildman–Crippen MR) is 35.3 cm³/mol. The van der Waals surface area contributed by atoms with E-state index in [0.717, 1.165) is 11.3 Å². The van der Waals surface area contributed by atoms with Crippen LogP contribution in [-0.4, -0.2) is 0 Å². The Hall–Kier alpha value is -0.980. The molecule has 0 spiro atoms. The molecule has 0 fully saturated rings. The highest BCUT2D eigenvalue weighted by Gasteiger charge is 1.84. The van der Waals surface area contributed by atoms with Crippen molar-refractivity contribution in [2.75, 3.05) is 5.73 Å². The van der Waals surface area contributed by atoms with Crippen molar-refractivity contribution in [3.05, 3.63) is 36.8 Å². The van der Waals surface area contributed by atoms with Gasteiger partial charge in [-0.05, 0) is 18.6 Å². The summed E-state index contributed by atoms with van der Waals surface area (Å²) in [5, 5.41) is 0. The topological polar surface area (TPSA) is 26.0 Å². The zero-order valence-corrected chi connectivity index (χ0v) is 4.59. The molecule has 0 aromatic heterocycles. The van der Waals surface area contributed by atoms with E-state index in [0.29, 0.717) is 0 Å². The quantitative estimate of drug-likeness (QED) is 0.498. The molecule has 0 heterocycles. The lowest BCUT2D eigenvalue weighted by Crippen LogP contribution is -1.85. The first-order chi connectivity index (χ1) is 3.80. The van der Waals surface area contributed by atoms with Gasteiger partial charge in [0.2, 0.25) is 0 Å². The van der Waals surface area contributed by atoms with Gasteiger partial charge in [-0.1, -0.05) is 18.2 Å². The van der Waals surface area contributed by atoms with Crippen LogP contribution in [-0.2, 0) is 0 Å². The third-order valence-corrected chi connectivity index (χ3v) is 1.06. The Morgan fingerprint density at radius 1 is 1.25 bits per heavy atom. The third kappa shape index (κ3) is 0.808. The van der Waals surface area contributed by atoms with Gasteiger partial charge in [0.05, 0.1) is 0 Å². The molecular weight excluding hydrogens is 98.1 g/mol.